The Kier molecular flexibility index (Phi) is 3.36. The summed E-state index contributed by atoms with van der Waals surface area (Å²) in [7, 11) is 0. The summed E-state index contributed by atoms with van der Waals surface area (Å²) in [6.07, 6.45) is 1.98. The normalized spacial score (nSPS) is 16.3. The summed E-state index contributed by atoms with van der Waals surface area (Å²) in [5, 5.41) is 0. The first kappa shape index (κ1) is 8.54. The van der Waals surface area contributed by atoms with Crippen molar-refractivity contribution in [3.05, 3.63) is 11.8 Å². The first-order chi connectivity index (χ1) is 4.09. The predicted octanol–water partition coefficient (Wildman–Crippen LogP) is 2.14. The molecule has 0 aromatic rings. The lowest BCUT2D eigenvalue weighted by molar-refractivity contribution is 0.475. The van der Waals surface area contributed by atoms with E-state index in [9.17, 15) is 0 Å². The van der Waals surface area contributed by atoms with E-state index in [0.29, 0.717) is 11.8 Å². The van der Waals surface area contributed by atoms with Gasteiger partial charge in [-0.3, -0.25) is 0 Å². The van der Waals surface area contributed by atoms with Gasteiger partial charge in [0.1, 0.15) is 0 Å². The Balaban J connectivity index is 3.88. The maximum Gasteiger partial charge on any atom is 0.00684 e. The second kappa shape index (κ2) is 3.54. The molecule has 1 heteroatoms. The molecule has 0 spiro atoms. The molecular formula is C8H17N. The minimum atomic E-state index is 0.523. The highest BCUT2D eigenvalue weighted by atomic mass is 14.6. The molecule has 1 nitrogen and oxygen atoms in total. The third-order valence-electron chi connectivity index (χ3n) is 1.86. The summed E-state index contributed by atoms with van der Waals surface area (Å²) in [6.45, 7) is 8.50. The Hall–Kier alpha value is -0.460. The van der Waals surface area contributed by atoms with E-state index in [1.165, 1.54) is 0 Å². The zero-order valence-corrected chi connectivity index (χ0v) is 6.81. The fourth-order valence-corrected chi connectivity index (χ4v) is 0.648. The van der Waals surface area contributed by atoms with Crippen LogP contribution in [0.1, 0.15) is 27.7 Å². The third kappa shape index (κ3) is 2.54. The van der Waals surface area contributed by atoms with E-state index >= 15 is 0 Å². The molecule has 2 N–H and O–H groups in total. The largest absolute Gasteiger partial charge is 0.402 e. The molecular weight excluding hydrogens is 110 g/mol. The van der Waals surface area contributed by atoms with E-state index in [0.717, 1.165) is 5.70 Å². The van der Waals surface area contributed by atoms with Crippen LogP contribution in [0.4, 0.5) is 0 Å². The second-order valence-corrected chi connectivity index (χ2v) is 2.82. The zero-order valence-electron chi connectivity index (χ0n) is 6.81. The average Bonchev–Trinajstić information content (AvgIpc) is 1.84. The molecule has 1 atom stereocenters. The van der Waals surface area contributed by atoms with Crippen LogP contribution in [0.2, 0.25) is 0 Å². The number of nitrogens with two attached hydrogens (primary N) is 1. The van der Waals surface area contributed by atoms with Gasteiger partial charge in [0.15, 0.2) is 0 Å². The van der Waals surface area contributed by atoms with Gasteiger partial charge in [0, 0.05) is 5.70 Å². The number of rotatable bonds is 2. The minimum absolute atomic E-state index is 0.523. The molecule has 0 bridgehead atoms. The van der Waals surface area contributed by atoms with Gasteiger partial charge in [-0.15, -0.1) is 0 Å². The highest BCUT2D eigenvalue weighted by Gasteiger charge is 2.07. The van der Waals surface area contributed by atoms with Crippen LogP contribution in [0, 0.1) is 11.8 Å². The van der Waals surface area contributed by atoms with Crippen LogP contribution in [0.3, 0.4) is 0 Å². The lowest BCUT2D eigenvalue weighted by Crippen LogP contribution is -2.13. The average molecular weight is 127 g/mol. The van der Waals surface area contributed by atoms with Crippen molar-refractivity contribution in [3.8, 4) is 0 Å². The Morgan fingerprint density at radius 1 is 1.33 bits per heavy atom. The Morgan fingerprint density at radius 2 is 1.78 bits per heavy atom. The van der Waals surface area contributed by atoms with Crippen molar-refractivity contribution in [2.45, 2.75) is 27.7 Å². The summed E-state index contributed by atoms with van der Waals surface area (Å²) in [5.74, 6) is 1.18. The second-order valence-electron chi connectivity index (χ2n) is 2.82. The van der Waals surface area contributed by atoms with Crippen LogP contribution in [0.15, 0.2) is 11.8 Å². The summed E-state index contributed by atoms with van der Waals surface area (Å²) in [4.78, 5) is 0. The fourth-order valence-electron chi connectivity index (χ4n) is 0.648. The number of hydrogen-bond acceptors (Lipinski definition) is 1. The lowest BCUT2D eigenvalue weighted by atomic mass is 9.95. The van der Waals surface area contributed by atoms with Gasteiger partial charge in [0.2, 0.25) is 0 Å². The van der Waals surface area contributed by atoms with Crippen LogP contribution in [0.25, 0.3) is 0 Å². The molecule has 0 rings (SSSR count). The van der Waals surface area contributed by atoms with Gasteiger partial charge < -0.3 is 5.73 Å². The zero-order chi connectivity index (χ0) is 7.44. The van der Waals surface area contributed by atoms with E-state index in [1.807, 2.05) is 13.0 Å². The van der Waals surface area contributed by atoms with Crippen molar-refractivity contribution in [2.75, 3.05) is 0 Å². The molecule has 0 fully saturated rings. The van der Waals surface area contributed by atoms with E-state index in [1.54, 1.807) is 0 Å². The van der Waals surface area contributed by atoms with Gasteiger partial charge in [-0.1, -0.05) is 26.8 Å². The third-order valence-corrected chi connectivity index (χ3v) is 1.86. The van der Waals surface area contributed by atoms with Crippen LogP contribution in [-0.2, 0) is 0 Å². The van der Waals surface area contributed by atoms with E-state index < -0.39 is 0 Å². The van der Waals surface area contributed by atoms with Crippen molar-refractivity contribution in [3.63, 3.8) is 0 Å². The number of allylic oxidation sites excluding steroid dienone is 2. The van der Waals surface area contributed by atoms with E-state index in [2.05, 4.69) is 20.8 Å². The van der Waals surface area contributed by atoms with Crippen LogP contribution in [-0.4, -0.2) is 0 Å². The summed E-state index contributed by atoms with van der Waals surface area (Å²) >= 11 is 0. The molecule has 1 unspecified atom stereocenters. The van der Waals surface area contributed by atoms with Crippen molar-refractivity contribution < 1.29 is 0 Å². The topological polar surface area (TPSA) is 26.0 Å². The molecule has 0 aromatic heterocycles. The molecule has 9 heavy (non-hydrogen) atoms. The fraction of sp³-hybridized carbons (Fsp3) is 0.750. The molecule has 0 saturated carbocycles. The SMILES string of the molecule is C/C=C(/N)C(C)C(C)C. The molecule has 0 amide bonds. The molecule has 0 heterocycles. The van der Waals surface area contributed by atoms with Gasteiger partial charge >= 0.3 is 0 Å². The van der Waals surface area contributed by atoms with Crippen molar-refractivity contribution in [1.82, 2.24) is 0 Å². The van der Waals surface area contributed by atoms with Gasteiger partial charge in [-0.2, -0.15) is 0 Å². The first-order valence-corrected chi connectivity index (χ1v) is 3.51. The molecule has 0 aliphatic rings. The Bertz CT molecular complexity index is 103. The van der Waals surface area contributed by atoms with Gasteiger partial charge in [0.05, 0.1) is 0 Å². The molecule has 54 valence electrons. The molecule has 0 saturated heterocycles. The molecule has 0 aliphatic carbocycles. The van der Waals surface area contributed by atoms with E-state index in [-0.39, 0.29) is 0 Å². The lowest BCUT2D eigenvalue weighted by Gasteiger charge is -2.14. The quantitative estimate of drug-likeness (QED) is 0.604. The van der Waals surface area contributed by atoms with Gasteiger partial charge in [0.25, 0.3) is 0 Å². The molecule has 0 aromatic carbocycles. The highest BCUT2D eigenvalue weighted by Crippen LogP contribution is 2.14. The maximum absolute atomic E-state index is 5.68. The summed E-state index contributed by atoms with van der Waals surface area (Å²) < 4.78 is 0. The van der Waals surface area contributed by atoms with Crippen molar-refractivity contribution >= 4 is 0 Å². The van der Waals surface area contributed by atoms with Crippen molar-refractivity contribution in [2.24, 2.45) is 17.6 Å². The standard InChI is InChI=1S/C8H17N/c1-5-8(9)7(4)6(2)3/h5-7H,9H2,1-4H3/b8-5+. The van der Waals surface area contributed by atoms with Gasteiger partial charge in [-0.05, 0) is 18.8 Å². The van der Waals surface area contributed by atoms with Crippen molar-refractivity contribution in [1.29, 1.82) is 0 Å². The Morgan fingerprint density at radius 3 is 1.89 bits per heavy atom. The predicted molar refractivity (Wildman–Crippen MR) is 41.9 cm³/mol. The molecule has 0 radical (unpaired) electrons. The van der Waals surface area contributed by atoms with Crippen LogP contribution < -0.4 is 5.73 Å². The monoisotopic (exact) mass is 127 g/mol. The maximum atomic E-state index is 5.68. The smallest absolute Gasteiger partial charge is 0.00684 e. The molecule has 0 aliphatic heterocycles. The van der Waals surface area contributed by atoms with Gasteiger partial charge in [-0.25, -0.2) is 0 Å². The van der Waals surface area contributed by atoms with Crippen LogP contribution in [0.5, 0.6) is 0 Å². The summed E-state index contributed by atoms with van der Waals surface area (Å²) in [5.41, 5.74) is 6.68. The van der Waals surface area contributed by atoms with E-state index in [4.69, 9.17) is 5.73 Å². The first-order valence-electron chi connectivity index (χ1n) is 3.51. The van der Waals surface area contributed by atoms with Crippen LogP contribution >= 0.6 is 0 Å². The summed E-state index contributed by atoms with van der Waals surface area (Å²) in [6, 6.07) is 0. The number of hydrogen-bond donors (Lipinski definition) is 1. The Labute approximate surface area is 57.9 Å². The highest BCUT2D eigenvalue weighted by molar-refractivity contribution is 4.99. The minimum Gasteiger partial charge on any atom is -0.402 e.